The number of halogens is 3. The molecule has 0 radical (unpaired) electrons. The summed E-state index contributed by atoms with van der Waals surface area (Å²) < 4.78 is 43.9. The first-order chi connectivity index (χ1) is 11.2. The van der Waals surface area contributed by atoms with Gasteiger partial charge in [0.1, 0.15) is 0 Å². The maximum Gasteiger partial charge on any atom is 0.416 e. The molecule has 0 fully saturated rings. The molecule has 0 aromatic heterocycles. The second-order valence-corrected chi connectivity index (χ2v) is 5.93. The van der Waals surface area contributed by atoms with Crippen molar-refractivity contribution < 1.29 is 22.7 Å². The minimum atomic E-state index is -4.46. The number of benzene rings is 1. The molecule has 1 aromatic carbocycles. The van der Waals surface area contributed by atoms with E-state index in [2.05, 4.69) is 0 Å². The summed E-state index contributed by atoms with van der Waals surface area (Å²) in [6.07, 6.45) is -4.46. The van der Waals surface area contributed by atoms with E-state index in [0.29, 0.717) is 25.5 Å². The molecule has 1 aliphatic heterocycles. The second kappa shape index (κ2) is 7.25. The molecule has 1 heterocycles. The fourth-order valence-electron chi connectivity index (χ4n) is 2.71. The van der Waals surface area contributed by atoms with Gasteiger partial charge in [-0.1, -0.05) is 19.1 Å². The fourth-order valence-corrected chi connectivity index (χ4v) is 2.71. The van der Waals surface area contributed by atoms with Crippen LogP contribution in [0.4, 0.5) is 13.2 Å². The highest BCUT2D eigenvalue weighted by molar-refractivity contribution is 6.22. The molecule has 0 bridgehead atoms. The molecule has 1 atom stereocenters. The third-order valence-corrected chi connectivity index (χ3v) is 3.80. The molecule has 4 nitrogen and oxygen atoms in total. The van der Waals surface area contributed by atoms with Gasteiger partial charge < -0.3 is 15.4 Å². The molecule has 1 aliphatic rings. The Bertz CT molecular complexity index is 641. The van der Waals surface area contributed by atoms with Gasteiger partial charge >= 0.3 is 6.18 Å². The van der Waals surface area contributed by atoms with E-state index >= 15 is 0 Å². The van der Waals surface area contributed by atoms with Crippen molar-refractivity contribution in [2.45, 2.75) is 20.0 Å². The van der Waals surface area contributed by atoms with Crippen LogP contribution >= 0.6 is 0 Å². The molecule has 2 N–H and O–H groups in total. The van der Waals surface area contributed by atoms with Crippen LogP contribution in [0.15, 0.2) is 30.0 Å². The molecule has 1 unspecified atom stereocenters. The molecule has 1 aromatic rings. The summed E-state index contributed by atoms with van der Waals surface area (Å²) in [4.78, 5) is 14.1. The zero-order valence-corrected chi connectivity index (χ0v) is 13.7. The number of nitrogens with two attached hydrogens (primary N) is 1. The summed E-state index contributed by atoms with van der Waals surface area (Å²) in [5, 5.41) is 0. The zero-order valence-electron chi connectivity index (χ0n) is 13.7. The van der Waals surface area contributed by atoms with Crippen molar-refractivity contribution in [3.05, 3.63) is 41.1 Å². The van der Waals surface area contributed by atoms with Crippen molar-refractivity contribution in [1.29, 1.82) is 0 Å². The summed E-state index contributed by atoms with van der Waals surface area (Å²) >= 11 is 0. The van der Waals surface area contributed by atoms with Gasteiger partial charge in [-0.15, -0.1) is 0 Å². The van der Waals surface area contributed by atoms with Crippen LogP contribution in [0.25, 0.3) is 5.57 Å². The first-order valence-corrected chi connectivity index (χ1v) is 7.77. The topological polar surface area (TPSA) is 55.6 Å². The monoisotopic (exact) mass is 342 g/mol. The average molecular weight is 342 g/mol. The van der Waals surface area contributed by atoms with Gasteiger partial charge in [0.05, 0.1) is 24.3 Å². The van der Waals surface area contributed by atoms with Crippen LogP contribution in [0.1, 0.15) is 25.0 Å². The molecule has 2 rings (SSSR count). The minimum absolute atomic E-state index is 0.113. The van der Waals surface area contributed by atoms with Gasteiger partial charge in [0.25, 0.3) is 5.91 Å². The third kappa shape index (κ3) is 4.08. The van der Waals surface area contributed by atoms with E-state index in [1.54, 1.807) is 4.90 Å². The van der Waals surface area contributed by atoms with Crippen LogP contribution in [0.2, 0.25) is 0 Å². The van der Waals surface area contributed by atoms with Gasteiger partial charge in [-0.05, 0) is 30.5 Å². The molecular weight excluding hydrogens is 321 g/mol. The minimum Gasteiger partial charge on any atom is -0.400 e. The van der Waals surface area contributed by atoms with E-state index in [-0.39, 0.29) is 29.5 Å². The normalized spacial score (nSPS) is 16.9. The number of hydrogen-bond donors (Lipinski definition) is 1. The SMILES string of the molecule is CCOCC(C)CN1CC(N)=C(c2cccc(C(F)(F)F)c2)C1=O. The number of rotatable bonds is 6. The summed E-state index contributed by atoms with van der Waals surface area (Å²) in [7, 11) is 0. The highest BCUT2D eigenvalue weighted by Crippen LogP contribution is 2.33. The standard InChI is InChI=1S/C17H21F3N2O2/c1-3-24-10-11(2)8-22-9-14(21)15(16(22)23)12-5-4-6-13(7-12)17(18,19)20/h4-7,11H,3,8-10,21H2,1-2H3. The highest BCUT2D eigenvalue weighted by Gasteiger charge is 2.34. The Hall–Kier alpha value is -2.02. The Balaban J connectivity index is 2.17. The molecule has 24 heavy (non-hydrogen) atoms. The lowest BCUT2D eigenvalue weighted by Crippen LogP contribution is -2.33. The summed E-state index contributed by atoms with van der Waals surface area (Å²) in [6.45, 7) is 5.61. The van der Waals surface area contributed by atoms with Gasteiger partial charge in [-0.2, -0.15) is 13.2 Å². The van der Waals surface area contributed by atoms with Gasteiger partial charge in [0.15, 0.2) is 0 Å². The first kappa shape index (κ1) is 18.3. The third-order valence-electron chi connectivity index (χ3n) is 3.80. The number of carbonyl (C=O) groups is 1. The average Bonchev–Trinajstić information content (AvgIpc) is 2.78. The van der Waals surface area contributed by atoms with E-state index in [1.807, 2.05) is 13.8 Å². The smallest absolute Gasteiger partial charge is 0.400 e. The van der Waals surface area contributed by atoms with Crippen molar-refractivity contribution >= 4 is 11.5 Å². The van der Waals surface area contributed by atoms with Crippen LogP contribution in [-0.2, 0) is 15.7 Å². The van der Waals surface area contributed by atoms with Crippen LogP contribution in [0.5, 0.6) is 0 Å². The Morgan fingerprint density at radius 1 is 1.38 bits per heavy atom. The van der Waals surface area contributed by atoms with Crippen LogP contribution in [0.3, 0.4) is 0 Å². The maximum absolute atomic E-state index is 12.9. The van der Waals surface area contributed by atoms with Gasteiger partial charge in [-0.25, -0.2) is 0 Å². The molecule has 0 saturated carbocycles. The number of nitrogens with zero attached hydrogens (tertiary/aromatic N) is 1. The van der Waals surface area contributed by atoms with E-state index < -0.39 is 11.7 Å². The van der Waals surface area contributed by atoms with Crippen molar-refractivity contribution in [2.24, 2.45) is 11.7 Å². The Morgan fingerprint density at radius 3 is 2.71 bits per heavy atom. The molecule has 132 valence electrons. The van der Waals surface area contributed by atoms with E-state index in [4.69, 9.17) is 10.5 Å². The Labute approximate surface area is 139 Å². The lowest BCUT2D eigenvalue weighted by molar-refractivity contribution is -0.137. The lowest BCUT2D eigenvalue weighted by atomic mass is 10.0. The van der Waals surface area contributed by atoms with Gasteiger partial charge in [0.2, 0.25) is 0 Å². The molecule has 0 aliphatic carbocycles. The number of amides is 1. The zero-order chi connectivity index (χ0) is 17.9. The fraction of sp³-hybridized carbons (Fsp3) is 0.471. The van der Waals surface area contributed by atoms with Crippen molar-refractivity contribution in [2.75, 3.05) is 26.3 Å². The summed E-state index contributed by atoms with van der Waals surface area (Å²) in [6, 6.07) is 4.70. The largest absolute Gasteiger partial charge is 0.416 e. The molecular formula is C17H21F3N2O2. The predicted octanol–water partition coefficient (Wildman–Crippen LogP) is 2.89. The number of alkyl halides is 3. The predicted molar refractivity (Wildman–Crippen MR) is 84.8 cm³/mol. The molecule has 0 spiro atoms. The lowest BCUT2D eigenvalue weighted by Gasteiger charge is -2.21. The summed E-state index contributed by atoms with van der Waals surface area (Å²) in [5.74, 6) is -0.224. The van der Waals surface area contributed by atoms with Crippen LogP contribution < -0.4 is 5.73 Å². The molecule has 0 saturated heterocycles. The van der Waals surface area contributed by atoms with E-state index in [1.165, 1.54) is 12.1 Å². The Kier molecular flexibility index (Phi) is 5.54. The number of ether oxygens (including phenoxy) is 1. The summed E-state index contributed by atoms with van der Waals surface area (Å²) in [5.41, 5.74) is 5.79. The van der Waals surface area contributed by atoms with Crippen molar-refractivity contribution in [3.8, 4) is 0 Å². The van der Waals surface area contributed by atoms with Crippen LogP contribution in [0, 0.1) is 5.92 Å². The molecule has 1 amide bonds. The van der Waals surface area contributed by atoms with Crippen molar-refractivity contribution in [3.63, 3.8) is 0 Å². The second-order valence-electron chi connectivity index (χ2n) is 5.93. The van der Waals surface area contributed by atoms with E-state index in [9.17, 15) is 18.0 Å². The van der Waals surface area contributed by atoms with Gasteiger partial charge in [-0.3, -0.25) is 4.79 Å². The van der Waals surface area contributed by atoms with Crippen LogP contribution in [-0.4, -0.2) is 37.1 Å². The Morgan fingerprint density at radius 2 is 2.08 bits per heavy atom. The number of carbonyl (C=O) groups excluding carboxylic acids is 1. The van der Waals surface area contributed by atoms with Crippen molar-refractivity contribution in [1.82, 2.24) is 4.90 Å². The number of hydrogen-bond acceptors (Lipinski definition) is 3. The quantitative estimate of drug-likeness (QED) is 0.865. The first-order valence-electron chi connectivity index (χ1n) is 7.77. The highest BCUT2D eigenvalue weighted by atomic mass is 19.4. The van der Waals surface area contributed by atoms with E-state index in [0.717, 1.165) is 12.1 Å². The molecule has 7 heteroatoms. The maximum atomic E-state index is 12.9. The van der Waals surface area contributed by atoms with Gasteiger partial charge in [0, 0.05) is 18.8 Å².